The van der Waals surface area contributed by atoms with Gasteiger partial charge in [-0.15, -0.1) is 0 Å². The van der Waals surface area contributed by atoms with Gasteiger partial charge in [0, 0.05) is 0 Å². The molecular formula is C14H24O3. The Hall–Kier alpha value is -0.570. The Labute approximate surface area is 103 Å². The SMILES string of the molecule is CC1CCCC(CC2(O)CCCC2)(C(=O)O)C1. The maximum absolute atomic E-state index is 11.6. The standard InChI is InChI=1S/C14H24O3/c1-11-5-4-6-13(9-11,12(15)16)10-14(17)7-2-3-8-14/h11,17H,2-10H2,1H3,(H,15,16). The van der Waals surface area contributed by atoms with Crippen molar-refractivity contribution in [1.82, 2.24) is 0 Å². The molecule has 17 heavy (non-hydrogen) atoms. The van der Waals surface area contributed by atoms with E-state index in [-0.39, 0.29) is 0 Å². The zero-order chi connectivity index (χ0) is 12.5. The molecule has 0 aromatic heterocycles. The molecule has 3 nitrogen and oxygen atoms in total. The first kappa shape index (κ1) is 12.9. The first-order chi connectivity index (χ1) is 7.96. The lowest BCUT2D eigenvalue weighted by molar-refractivity contribution is -0.157. The summed E-state index contributed by atoms with van der Waals surface area (Å²) < 4.78 is 0. The number of hydrogen-bond acceptors (Lipinski definition) is 2. The highest BCUT2D eigenvalue weighted by Gasteiger charge is 2.48. The average molecular weight is 240 g/mol. The molecule has 0 spiro atoms. The van der Waals surface area contributed by atoms with Gasteiger partial charge >= 0.3 is 5.97 Å². The van der Waals surface area contributed by atoms with Gasteiger partial charge in [-0.1, -0.05) is 32.6 Å². The lowest BCUT2D eigenvalue weighted by atomic mass is 9.65. The molecule has 0 saturated heterocycles. The minimum absolute atomic E-state index is 0.472. The van der Waals surface area contributed by atoms with Gasteiger partial charge in [-0.2, -0.15) is 0 Å². The molecule has 0 amide bonds. The monoisotopic (exact) mass is 240 g/mol. The maximum Gasteiger partial charge on any atom is 0.309 e. The van der Waals surface area contributed by atoms with Crippen molar-refractivity contribution in [3.8, 4) is 0 Å². The van der Waals surface area contributed by atoms with Crippen LogP contribution >= 0.6 is 0 Å². The minimum atomic E-state index is -0.699. The topological polar surface area (TPSA) is 57.5 Å². The van der Waals surface area contributed by atoms with Crippen LogP contribution in [0.25, 0.3) is 0 Å². The Morgan fingerprint density at radius 1 is 1.24 bits per heavy atom. The average Bonchev–Trinajstić information content (AvgIpc) is 2.64. The number of carboxylic acids is 1. The summed E-state index contributed by atoms with van der Waals surface area (Å²) in [6, 6.07) is 0. The lowest BCUT2D eigenvalue weighted by Gasteiger charge is -2.41. The normalized spacial score (nSPS) is 36.9. The predicted molar refractivity (Wildman–Crippen MR) is 65.7 cm³/mol. The Bertz CT molecular complexity index is 294. The van der Waals surface area contributed by atoms with Crippen molar-refractivity contribution >= 4 is 5.97 Å². The van der Waals surface area contributed by atoms with Crippen LogP contribution in [0.1, 0.15) is 64.7 Å². The molecule has 2 N–H and O–H groups in total. The van der Waals surface area contributed by atoms with E-state index in [0.717, 1.165) is 51.4 Å². The third kappa shape index (κ3) is 2.65. The molecule has 0 aromatic rings. The zero-order valence-electron chi connectivity index (χ0n) is 10.7. The predicted octanol–water partition coefficient (Wildman–Crippen LogP) is 2.96. The highest BCUT2D eigenvalue weighted by Crippen LogP contribution is 2.48. The molecule has 0 bridgehead atoms. The van der Waals surface area contributed by atoms with Gasteiger partial charge < -0.3 is 10.2 Å². The number of hydrogen-bond donors (Lipinski definition) is 2. The molecule has 2 rings (SSSR count). The second-order valence-corrected chi connectivity index (χ2v) is 6.40. The fourth-order valence-corrected chi connectivity index (χ4v) is 3.93. The summed E-state index contributed by atoms with van der Waals surface area (Å²) in [4.78, 5) is 11.6. The molecule has 2 aliphatic carbocycles. The number of aliphatic carboxylic acids is 1. The highest BCUT2D eigenvalue weighted by molar-refractivity contribution is 5.75. The second-order valence-electron chi connectivity index (χ2n) is 6.40. The van der Waals surface area contributed by atoms with E-state index in [1.807, 2.05) is 0 Å². The fraction of sp³-hybridized carbons (Fsp3) is 0.929. The van der Waals surface area contributed by atoms with Gasteiger partial charge in [-0.25, -0.2) is 0 Å². The molecule has 0 radical (unpaired) electrons. The molecule has 0 aliphatic heterocycles. The smallest absolute Gasteiger partial charge is 0.309 e. The summed E-state index contributed by atoms with van der Waals surface area (Å²) >= 11 is 0. The maximum atomic E-state index is 11.6. The van der Waals surface area contributed by atoms with Crippen molar-refractivity contribution in [1.29, 1.82) is 0 Å². The summed E-state index contributed by atoms with van der Waals surface area (Å²) in [7, 11) is 0. The van der Waals surface area contributed by atoms with E-state index < -0.39 is 17.0 Å². The van der Waals surface area contributed by atoms with Crippen LogP contribution < -0.4 is 0 Å². The van der Waals surface area contributed by atoms with E-state index in [1.54, 1.807) is 0 Å². The number of carbonyl (C=O) groups is 1. The fourth-order valence-electron chi connectivity index (χ4n) is 3.93. The van der Waals surface area contributed by atoms with Crippen molar-refractivity contribution in [2.75, 3.05) is 0 Å². The van der Waals surface area contributed by atoms with Crippen molar-refractivity contribution in [2.45, 2.75) is 70.3 Å². The molecule has 3 heteroatoms. The molecule has 2 fully saturated rings. The second kappa shape index (κ2) is 4.60. The first-order valence-electron chi connectivity index (χ1n) is 6.92. The Kier molecular flexibility index (Phi) is 3.48. The number of aliphatic hydroxyl groups is 1. The van der Waals surface area contributed by atoms with E-state index in [9.17, 15) is 15.0 Å². The summed E-state index contributed by atoms with van der Waals surface area (Å²) in [5.74, 6) is -0.214. The number of carboxylic acid groups (broad SMARTS) is 1. The van der Waals surface area contributed by atoms with Crippen LogP contribution in [0, 0.1) is 11.3 Å². The Morgan fingerprint density at radius 2 is 1.88 bits per heavy atom. The van der Waals surface area contributed by atoms with Crippen molar-refractivity contribution in [3.05, 3.63) is 0 Å². The largest absolute Gasteiger partial charge is 0.481 e. The van der Waals surface area contributed by atoms with Crippen LogP contribution in [0.4, 0.5) is 0 Å². The molecule has 0 aromatic carbocycles. The molecular weight excluding hydrogens is 216 g/mol. The van der Waals surface area contributed by atoms with Crippen molar-refractivity contribution < 1.29 is 15.0 Å². The van der Waals surface area contributed by atoms with Crippen LogP contribution in [0.3, 0.4) is 0 Å². The summed E-state index contributed by atoms with van der Waals surface area (Å²) in [5.41, 5.74) is -1.35. The third-order valence-corrected chi connectivity index (χ3v) is 4.75. The van der Waals surface area contributed by atoms with E-state index in [4.69, 9.17) is 0 Å². The Balaban J connectivity index is 2.13. The minimum Gasteiger partial charge on any atom is -0.481 e. The Morgan fingerprint density at radius 3 is 2.41 bits per heavy atom. The van der Waals surface area contributed by atoms with Gasteiger partial charge in [0.25, 0.3) is 0 Å². The third-order valence-electron chi connectivity index (χ3n) is 4.75. The zero-order valence-corrected chi connectivity index (χ0v) is 10.7. The van der Waals surface area contributed by atoms with E-state index in [0.29, 0.717) is 12.3 Å². The van der Waals surface area contributed by atoms with Crippen LogP contribution in [-0.2, 0) is 4.79 Å². The summed E-state index contributed by atoms with van der Waals surface area (Å²) in [6.07, 6.45) is 7.74. The van der Waals surface area contributed by atoms with Crippen molar-refractivity contribution in [3.63, 3.8) is 0 Å². The van der Waals surface area contributed by atoms with Gasteiger partial charge in [-0.3, -0.25) is 4.79 Å². The van der Waals surface area contributed by atoms with Crippen molar-refractivity contribution in [2.24, 2.45) is 11.3 Å². The molecule has 0 heterocycles. The van der Waals surface area contributed by atoms with Crippen LogP contribution in [0.15, 0.2) is 0 Å². The first-order valence-corrected chi connectivity index (χ1v) is 6.92. The van der Waals surface area contributed by atoms with Crippen LogP contribution in [-0.4, -0.2) is 21.8 Å². The molecule has 98 valence electrons. The van der Waals surface area contributed by atoms with E-state index >= 15 is 0 Å². The van der Waals surface area contributed by atoms with Crippen LogP contribution in [0.2, 0.25) is 0 Å². The number of rotatable bonds is 3. The molecule has 2 atom stereocenters. The lowest BCUT2D eigenvalue weighted by Crippen LogP contribution is -2.43. The van der Waals surface area contributed by atoms with Gasteiger partial charge in [0.15, 0.2) is 0 Å². The van der Waals surface area contributed by atoms with E-state index in [2.05, 4.69) is 6.92 Å². The van der Waals surface area contributed by atoms with Gasteiger partial charge in [0.1, 0.15) is 0 Å². The summed E-state index contributed by atoms with van der Waals surface area (Å²) in [5, 5.41) is 20.1. The molecule has 2 aliphatic rings. The van der Waals surface area contributed by atoms with Gasteiger partial charge in [0.2, 0.25) is 0 Å². The molecule has 2 saturated carbocycles. The van der Waals surface area contributed by atoms with Crippen LogP contribution in [0.5, 0.6) is 0 Å². The highest BCUT2D eigenvalue weighted by atomic mass is 16.4. The molecule has 2 unspecified atom stereocenters. The summed E-state index contributed by atoms with van der Waals surface area (Å²) in [6.45, 7) is 2.13. The van der Waals surface area contributed by atoms with Gasteiger partial charge in [0.05, 0.1) is 11.0 Å². The van der Waals surface area contributed by atoms with E-state index in [1.165, 1.54) is 0 Å². The quantitative estimate of drug-likeness (QED) is 0.797. The van der Waals surface area contributed by atoms with Gasteiger partial charge in [-0.05, 0) is 38.0 Å².